The second-order valence-electron chi connectivity index (χ2n) is 4.52. The van der Waals surface area contributed by atoms with Crippen LogP contribution in [0.2, 0.25) is 0 Å². The van der Waals surface area contributed by atoms with Crippen LogP contribution in [0.1, 0.15) is 6.92 Å². The lowest BCUT2D eigenvalue weighted by molar-refractivity contribution is -0.119. The minimum absolute atomic E-state index is 0.188. The number of anilines is 2. The Bertz CT molecular complexity index is 712. The Morgan fingerprint density at radius 3 is 2.67 bits per heavy atom. The molecule has 0 atom stereocenters. The van der Waals surface area contributed by atoms with Crippen molar-refractivity contribution in [1.82, 2.24) is 4.57 Å². The lowest BCUT2D eigenvalue weighted by Gasteiger charge is -2.22. The Kier molecular flexibility index (Phi) is 4.37. The Morgan fingerprint density at radius 1 is 1.29 bits per heavy atom. The van der Waals surface area contributed by atoms with E-state index >= 15 is 0 Å². The SMILES string of the molecule is CCN(C(=O)Cn1cc(N)ccc1=O)c1ccccc1F. The minimum atomic E-state index is -0.479. The number of amides is 1. The summed E-state index contributed by atoms with van der Waals surface area (Å²) < 4.78 is 15.0. The number of pyridine rings is 1. The largest absolute Gasteiger partial charge is 0.398 e. The van der Waals surface area contributed by atoms with Crippen LogP contribution in [0.5, 0.6) is 0 Å². The van der Waals surface area contributed by atoms with E-state index in [-0.39, 0.29) is 23.7 Å². The van der Waals surface area contributed by atoms with Crippen LogP contribution in [0.3, 0.4) is 0 Å². The van der Waals surface area contributed by atoms with Crippen molar-refractivity contribution in [3.05, 3.63) is 58.8 Å². The van der Waals surface area contributed by atoms with E-state index in [0.717, 1.165) is 0 Å². The van der Waals surface area contributed by atoms with Crippen molar-refractivity contribution in [2.45, 2.75) is 13.5 Å². The van der Waals surface area contributed by atoms with Gasteiger partial charge in [-0.15, -0.1) is 0 Å². The van der Waals surface area contributed by atoms with Crippen molar-refractivity contribution < 1.29 is 9.18 Å². The fourth-order valence-corrected chi connectivity index (χ4v) is 2.06. The van der Waals surface area contributed by atoms with E-state index in [0.29, 0.717) is 12.2 Å². The zero-order chi connectivity index (χ0) is 15.4. The monoisotopic (exact) mass is 289 g/mol. The number of hydrogen-bond donors (Lipinski definition) is 1. The molecule has 2 aromatic rings. The number of nitrogens with zero attached hydrogens (tertiary/aromatic N) is 2. The van der Waals surface area contributed by atoms with Gasteiger partial charge in [-0.2, -0.15) is 0 Å². The molecule has 2 rings (SSSR count). The van der Waals surface area contributed by atoms with Crippen LogP contribution < -0.4 is 16.2 Å². The van der Waals surface area contributed by atoms with Gasteiger partial charge in [-0.25, -0.2) is 4.39 Å². The molecule has 0 radical (unpaired) electrons. The number of hydrogen-bond acceptors (Lipinski definition) is 3. The number of rotatable bonds is 4. The number of halogens is 1. The maximum Gasteiger partial charge on any atom is 0.251 e. The highest BCUT2D eigenvalue weighted by molar-refractivity contribution is 5.93. The highest BCUT2D eigenvalue weighted by atomic mass is 19.1. The van der Waals surface area contributed by atoms with E-state index in [4.69, 9.17) is 5.73 Å². The van der Waals surface area contributed by atoms with Gasteiger partial charge in [0.05, 0.1) is 5.69 Å². The average Bonchev–Trinajstić information content (AvgIpc) is 2.46. The molecule has 5 nitrogen and oxygen atoms in total. The predicted octanol–water partition coefficient (Wildman–Crippen LogP) is 1.62. The van der Waals surface area contributed by atoms with Crippen molar-refractivity contribution in [1.29, 1.82) is 0 Å². The number of carbonyl (C=O) groups is 1. The molecule has 0 aliphatic carbocycles. The Hall–Kier alpha value is -2.63. The van der Waals surface area contributed by atoms with Gasteiger partial charge in [-0.1, -0.05) is 12.1 Å². The number of nitrogen functional groups attached to an aromatic ring is 1. The number of likely N-dealkylation sites (N-methyl/N-ethyl adjacent to an activating group) is 1. The van der Waals surface area contributed by atoms with Gasteiger partial charge in [0.2, 0.25) is 5.91 Å². The van der Waals surface area contributed by atoms with Crippen molar-refractivity contribution >= 4 is 17.3 Å². The number of nitrogens with two attached hydrogens (primary N) is 1. The summed E-state index contributed by atoms with van der Waals surface area (Å²) in [5, 5.41) is 0. The zero-order valence-electron chi connectivity index (χ0n) is 11.6. The number of aromatic nitrogens is 1. The second kappa shape index (κ2) is 6.21. The summed E-state index contributed by atoms with van der Waals surface area (Å²) in [6.45, 7) is 1.86. The van der Waals surface area contributed by atoms with Gasteiger partial charge in [-0.05, 0) is 25.1 Å². The molecule has 1 heterocycles. The normalized spacial score (nSPS) is 10.4. The first-order valence-electron chi connectivity index (χ1n) is 6.53. The third-order valence-electron chi connectivity index (χ3n) is 3.07. The zero-order valence-corrected chi connectivity index (χ0v) is 11.6. The predicted molar refractivity (Wildman–Crippen MR) is 79.5 cm³/mol. The van der Waals surface area contributed by atoms with E-state index in [1.807, 2.05) is 0 Å². The summed E-state index contributed by atoms with van der Waals surface area (Å²) in [5.41, 5.74) is 5.85. The molecule has 0 aliphatic rings. The molecule has 0 bridgehead atoms. The van der Waals surface area contributed by atoms with Crippen LogP contribution in [0.4, 0.5) is 15.8 Å². The molecule has 1 amide bonds. The van der Waals surface area contributed by atoms with Crippen molar-refractivity contribution in [3.63, 3.8) is 0 Å². The van der Waals surface area contributed by atoms with E-state index in [2.05, 4.69) is 0 Å². The summed E-state index contributed by atoms with van der Waals surface area (Å²) in [7, 11) is 0. The van der Waals surface area contributed by atoms with Gasteiger partial charge >= 0.3 is 0 Å². The van der Waals surface area contributed by atoms with E-state index < -0.39 is 5.82 Å². The summed E-state index contributed by atoms with van der Waals surface area (Å²) in [5.74, 6) is -0.858. The number of para-hydroxylation sites is 1. The Morgan fingerprint density at radius 2 is 2.00 bits per heavy atom. The Balaban J connectivity index is 2.28. The third-order valence-corrected chi connectivity index (χ3v) is 3.07. The molecular formula is C15H16FN3O2. The van der Waals surface area contributed by atoms with Crippen molar-refractivity contribution in [2.75, 3.05) is 17.2 Å². The fraction of sp³-hybridized carbons (Fsp3) is 0.200. The van der Waals surface area contributed by atoms with Gasteiger partial charge in [0.25, 0.3) is 5.56 Å². The molecule has 0 spiro atoms. The molecule has 2 N–H and O–H groups in total. The van der Waals surface area contributed by atoms with Gasteiger partial charge in [0.15, 0.2) is 0 Å². The van der Waals surface area contributed by atoms with Crippen LogP contribution in [0, 0.1) is 5.82 Å². The lowest BCUT2D eigenvalue weighted by Crippen LogP contribution is -2.36. The number of benzene rings is 1. The van der Waals surface area contributed by atoms with Gasteiger partial charge < -0.3 is 15.2 Å². The molecule has 6 heteroatoms. The molecule has 110 valence electrons. The molecule has 1 aromatic carbocycles. The highest BCUT2D eigenvalue weighted by Gasteiger charge is 2.17. The van der Waals surface area contributed by atoms with Crippen LogP contribution in [0.15, 0.2) is 47.4 Å². The summed E-state index contributed by atoms with van der Waals surface area (Å²) >= 11 is 0. The average molecular weight is 289 g/mol. The molecule has 21 heavy (non-hydrogen) atoms. The van der Waals surface area contributed by atoms with Crippen LogP contribution >= 0.6 is 0 Å². The van der Waals surface area contributed by atoms with E-state index in [1.165, 1.54) is 39.9 Å². The second-order valence-corrected chi connectivity index (χ2v) is 4.52. The maximum atomic E-state index is 13.8. The van der Waals surface area contributed by atoms with Crippen molar-refractivity contribution in [3.8, 4) is 0 Å². The first kappa shape index (κ1) is 14.8. The fourth-order valence-electron chi connectivity index (χ4n) is 2.06. The summed E-state index contributed by atoms with van der Waals surface area (Å²) in [6.07, 6.45) is 1.40. The standard InChI is InChI=1S/C15H16FN3O2/c1-2-19(13-6-4-3-5-12(13)16)15(21)10-18-9-11(17)7-8-14(18)20/h3-9H,2,10,17H2,1H3. The molecule has 1 aromatic heterocycles. The molecule has 0 fully saturated rings. The minimum Gasteiger partial charge on any atom is -0.398 e. The van der Waals surface area contributed by atoms with Gasteiger partial charge in [0.1, 0.15) is 12.4 Å². The Labute approximate surface area is 121 Å². The molecule has 0 aliphatic heterocycles. The van der Waals surface area contributed by atoms with Crippen LogP contribution in [0.25, 0.3) is 0 Å². The smallest absolute Gasteiger partial charge is 0.251 e. The van der Waals surface area contributed by atoms with Gasteiger partial charge in [-0.3, -0.25) is 9.59 Å². The van der Waals surface area contributed by atoms with Crippen molar-refractivity contribution in [2.24, 2.45) is 0 Å². The van der Waals surface area contributed by atoms with Gasteiger partial charge in [0, 0.05) is 24.5 Å². The van der Waals surface area contributed by atoms with Crippen LogP contribution in [-0.2, 0) is 11.3 Å². The summed E-state index contributed by atoms with van der Waals surface area (Å²) in [6, 6.07) is 8.79. The molecule has 0 unspecified atom stereocenters. The summed E-state index contributed by atoms with van der Waals surface area (Å²) in [4.78, 5) is 25.3. The third kappa shape index (κ3) is 3.28. The molecular weight excluding hydrogens is 273 g/mol. The first-order chi connectivity index (χ1) is 10.0. The number of carbonyl (C=O) groups excluding carboxylic acids is 1. The molecule has 0 saturated heterocycles. The lowest BCUT2D eigenvalue weighted by atomic mass is 10.2. The quantitative estimate of drug-likeness (QED) is 0.930. The molecule has 0 saturated carbocycles. The maximum absolute atomic E-state index is 13.8. The van der Waals surface area contributed by atoms with Crippen LogP contribution in [-0.4, -0.2) is 17.0 Å². The van der Waals surface area contributed by atoms with E-state index in [9.17, 15) is 14.0 Å². The first-order valence-corrected chi connectivity index (χ1v) is 6.53. The highest BCUT2D eigenvalue weighted by Crippen LogP contribution is 2.18. The van der Waals surface area contributed by atoms with E-state index in [1.54, 1.807) is 19.1 Å². The topological polar surface area (TPSA) is 68.3 Å².